The summed E-state index contributed by atoms with van der Waals surface area (Å²) in [5.41, 5.74) is 3.09. The van der Waals surface area contributed by atoms with Crippen molar-refractivity contribution in [2.24, 2.45) is 0 Å². The molecule has 0 atom stereocenters. The SMILES string of the molecule is Cc1noc(C(C)C)c1C(=O)OCC(=O)Nc1cc(-c2ccccc2)nn1-c1ccccc1. The summed E-state index contributed by atoms with van der Waals surface area (Å²) in [6.07, 6.45) is 0. The van der Waals surface area contributed by atoms with Crippen LogP contribution < -0.4 is 5.32 Å². The molecule has 8 nitrogen and oxygen atoms in total. The van der Waals surface area contributed by atoms with Crippen molar-refractivity contribution >= 4 is 17.7 Å². The molecular formula is C25H24N4O4. The predicted molar refractivity (Wildman–Crippen MR) is 123 cm³/mol. The smallest absolute Gasteiger partial charge is 0.344 e. The minimum Gasteiger partial charge on any atom is -0.452 e. The minimum absolute atomic E-state index is 0.0424. The number of para-hydroxylation sites is 1. The zero-order chi connectivity index (χ0) is 23.4. The fourth-order valence-corrected chi connectivity index (χ4v) is 3.40. The van der Waals surface area contributed by atoms with Gasteiger partial charge in [0.25, 0.3) is 5.91 Å². The molecule has 0 spiro atoms. The molecule has 0 saturated heterocycles. The first-order valence-corrected chi connectivity index (χ1v) is 10.6. The third-order valence-corrected chi connectivity index (χ3v) is 5.00. The Kier molecular flexibility index (Phi) is 6.35. The number of hydrogen-bond acceptors (Lipinski definition) is 6. The Labute approximate surface area is 191 Å². The molecule has 0 aliphatic carbocycles. The number of aryl methyl sites for hydroxylation is 1. The van der Waals surface area contributed by atoms with Crippen molar-refractivity contribution in [3.63, 3.8) is 0 Å². The molecule has 0 aliphatic rings. The number of hydrogen-bond donors (Lipinski definition) is 1. The normalized spacial score (nSPS) is 10.9. The maximum Gasteiger partial charge on any atom is 0.344 e. The van der Waals surface area contributed by atoms with E-state index in [9.17, 15) is 9.59 Å². The molecular weight excluding hydrogens is 420 g/mol. The van der Waals surface area contributed by atoms with Crippen molar-refractivity contribution in [3.8, 4) is 16.9 Å². The lowest BCUT2D eigenvalue weighted by Crippen LogP contribution is -2.23. The van der Waals surface area contributed by atoms with Crippen molar-refractivity contribution in [3.05, 3.63) is 83.7 Å². The van der Waals surface area contributed by atoms with Gasteiger partial charge in [-0.1, -0.05) is 67.5 Å². The third kappa shape index (κ3) is 4.85. The molecule has 1 amide bonds. The quantitative estimate of drug-likeness (QED) is 0.413. The van der Waals surface area contributed by atoms with Crippen LogP contribution in [-0.4, -0.2) is 33.4 Å². The van der Waals surface area contributed by atoms with Gasteiger partial charge < -0.3 is 14.6 Å². The number of carbonyl (C=O) groups excluding carboxylic acids is 2. The summed E-state index contributed by atoms with van der Waals surface area (Å²) in [6.45, 7) is 4.98. The molecule has 4 aromatic rings. The number of anilines is 1. The van der Waals surface area contributed by atoms with Gasteiger partial charge in [-0.25, -0.2) is 9.48 Å². The Morgan fingerprint density at radius 1 is 1.06 bits per heavy atom. The molecule has 0 saturated carbocycles. The fourth-order valence-electron chi connectivity index (χ4n) is 3.40. The van der Waals surface area contributed by atoms with Crippen LogP contribution in [0.25, 0.3) is 16.9 Å². The van der Waals surface area contributed by atoms with E-state index in [-0.39, 0.29) is 11.5 Å². The third-order valence-electron chi connectivity index (χ3n) is 5.00. The van der Waals surface area contributed by atoms with Gasteiger partial charge in [-0.3, -0.25) is 4.79 Å². The molecule has 0 bridgehead atoms. The second kappa shape index (κ2) is 9.52. The molecule has 0 fully saturated rings. The number of carbonyl (C=O) groups is 2. The van der Waals surface area contributed by atoms with Gasteiger partial charge in [0.05, 0.1) is 17.1 Å². The van der Waals surface area contributed by atoms with Gasteiger partial charge in [0, 0.05) is 17.5 Å². The highest BCUT2D eigenvalue weighted by Crippen LogP contribution is 2.25. The second-order valence-corrected chi connectivity index (χ2v) is 7.81. The van der Waals surface area contributed by atoms with Crippen molar-refractivity contribution in [2.75, 3.05) is 11.9 Å². The second-order valence-electron chi connectivity index (χ2n) is 7.81. The van der Waals surface area contributed by atoms with Gasteiger partial charge in [0.2, 0.25) is 0 Å². The van der Waals surface area contributed by atoms with E-state index in [1.807, 2.05) is 74.5 Å². The monoisotopic (exact) mass is 444 g/mol. The van der Waals surface area contributed by atoms with Crippen molar-refractivity contribution in [2.45, 2.75) is 26.7 Å². The van der Waals surface area contributed by atoms with E-state index >= 15 is 0 Å². The Balaban J connectivity index is 1.52. The Hall–Kier alpha value is -4.20. The van der Waals surface area contributed by atoms with Crippen molar-refractivity contribution in [1.82, 2.24) is 14.9 Å². The molecule has 0 aliphatic heterocycles. The van der Waals surface area contributed by atoms with Gasteiger partial charge in [0.15, 0.2) is 12.4 Å². The topological polar surface area (TPSA) is 99.2 Å². The summed E-state index contributed by atoms with van der Waals surface area (Å²) < 4.78 is 12.1. The Morgan fingerprint density at radius 3 is 2.39 bits per heavy atom. The van der Waals surface area contributed by atoms with E-state index in [1.165, 1.54) is 0 Å². The van der Waals surface area contributed by atoms with Gasteiger partial charge in [-0.15, -0.1) is 0 Å². The highest BCUT2D eigenvalue weighted by Gasteiger charge is 2.24. The Bertz CT molecular complexity index is 1260. The van der Waals surface area contributed by atoms with Crippen LogP contribution in [0, 0.1) is 6.92 Å². The van der Waals surface area contributed by atoms with Crippen LogP contribution in [0.2, 0.25) is 0 Å². The standard InChI is InChI=1S/C25H24N4O4/c1-16(2)24-23(17(3)28-33-24)25(31)32-15-22(30)26-21-14-20(18-10-6-4-7-11-18)27-29(21)19-12-8-5-9-13-19/h4-14,16H,15H2,1-3H3,(H,26,30). The first-order chi connectivity index (χ1) is 15.9. The van der Waals surface area contributed by atoms with E-state index < -0.39 is 18.5 Å². The maximum atomic E-state index is 12.7. The number of rotatable bonds is 7. The first-order valence-electron chi connectivity index (χ1n) is 10.6. The number of nitrogens with one attached hydrogen (secondary N) is 1. The number of benzene rings is 2. The molecule has 33 heavy (non-hydrogen) atoms. The van der Waals surface area contributed by atoms with Crippen LogP contribution in [-0.2, 0) is 9.53 Å². The highest BCUT2D eigenvalue weighted by molar-refractivity contribution is 5.96. The first kappa shape index (κ1) is 22.0. The lowest BCUT2D eigenvalue weighted by Gasteiger charge is -2.09. The molecule has 168 valence electrons. The number of aromatic nitrogens is 3. The summed E-state index contributed by atoms with van der Waals surface area (Å²) in [5, 5.41) is 11.3. The van der Waals surface area contributed by atoms with Crippen molar-refractivity contribution < 1.29 is 18.8 Å². The molecule has 4 rings (SSSR count). The number of amides is 1. The molecule has 1 N–H and O–H groups in total. The van der Waals surface area contributed by atoms with E-state index in [2.05, 4.69) is 15.6 Å². The van der Waals surface area contributed by atoms with Gasteiger partial charge in [-0.2, -0.15) is 5.10 Å². The van der Waals surface area contributed by atoms with Crippen LogP contribution in [0.4, 0.5) is 5.82 Å². The zero-order valence-corrected chi connectivity index (χ0v) is 18.6. The molecule has 0 unspecified atom stereocenters. The van der Waals surface area contributed by atoms with E-state index in [0.717, 1.165) is 11.3 Å². The lowest BCUT2D eigenvalue weighted by molar-refractivity contribution is -0.119. The summed E-state index contributed by atoms with van der Waals surface area (Å²) in [5.74, 6) is -0.272. The maximum absolute atomic E-state index is 12.7. The number of ether oxygens (including phenoxy) is 1. The largest absolute Gasteiger partial charge is 0.452 e. The summed E-state index contributed by atoms with van der Waals surface area (Å²) >= 11 is 0. The molecule has 0 radical (unpaired) electrons. The van der Waals surface area contributed by atoms with Gasteiger partial charge in [-0.05, 0) is 19.1 Å². The van der Waals surface area contributed by atoms with Crippen molar-refractivity contribution in [1.29, 1.82) is 0 Å². The Morgan fingerprint density at radius 2 is 1.73 bits per heavy atom. The van der Waals surface area contributed by atoms with Gasteiger partial charge >= 0.3 is 5.97 Å². The van der Waals surface area contributed by atoms with Crippen LogP contribution in [0.15, 0.2) is 71.3 Å². The van der Waals surface area contributed by atoms with E-state index in [4.69, 9.17) is 9.26 Å². The average Bonchev–Trinajstić information content (AvgIpc) is 3.42. The van der Waals surface area contributed by atoms with Crippen LogP contribution >= 0.6 is 0 Å². The molecule has 2 heterocycles. The summed E-state index contributed by atoms with van der Waals surface area (Å²) in [6, 6.07) is 20.9. The van der Waals surface area contributed by atoms with Crippen LogP contribution in [0.3, 0.4) is 0 Å². The molecule has 8 heteroatoms. The fraction of sp³-hybridized carbons (Fsp3) is 0.200. The summed E-state index contributed by atoms with van der Waals surface area (Å²) in [4.78, 5) is 25.2. The molecule has 2 aromatic heterocycles. The molecule has 2 aromatic carbocycles. The number of nitrogens with zero attached hydrogens (tertiary/aromatic N) is 3. The predicted octanol–water partition coefficient (Wildman–Crippen LogP) is 4.75. The van der Waals surface area contributed by atoms with Crippen LogP contribution in [0.5, 0.6) is 0 Å². The van der Waals surface area contributed by atoms with E-state index in [1.54, 1.807) is 17.7 Å². The van der Waals surface area contributed by atoms with Gasteiger partial charge in [0.1, 0.15) is 11.4 Å². The average molecular weight is 444 g/mol. The summed E-state index contributed by atoms with van der Waals surface area (Å²) in [7, 11) is 0. The minimum atomic E-state index is -0.644. The van der Waals surface area contributed by atoms with Crippen LogP contribution in [0.1, 0.15) is 41.6 Å². The lowest BCUT2D eigenvalue weighted by atomic mass is 10.1. The number of esters is 1. The highest BCUT2D eigenvalue weighted by atomic mass is 16.5. The zero-order valence-electron chi connectivity index (χ0n) is 18.6. The van der Waals surface area contributed by atoms with E-state index in [0.29, 0.717) is 23.0 Å².